The van der Waals surface area contributed by atoms with Gasteiger partial charge in [-0.3, -0.25) is 4.79 Å². The molecule has 0 aliphatic heterocycles. The molecule has 2 N–H and O–H groups in total. The minimum Gasteiger partial charge on any atom is -0.267 e. The number of sulfonamides is 1. The summed E-state index contributed by atoms with van der Waals surface area (Å²) in [5, 5.41) is 11.0. The highest BCUT2D eigenvalue weighted by molar-refractivity contribution is 7.89. The molecule has 0 atom stereocenters. The third-order valence-electron chi connectivity index (χ3n) is 4.54. The Balaban J connectivity index is 1.98. The summed E-state index contributed by atoms with van der Waals surface area (Å²) in [4.78, 5) is 13.0. The standard InChI is InChI=1S/C21H17N3O3S/c1-14-6-8-15(9-7-14)20-18-4-2-3-5-19(18)21(25)24(23-20)16-10-12-17(13-11-16)28(22,26)27/h2-13H,1H3,(H2,22,26,27). The van der Waals surface area contributed by atoms with Crippen LogP contribution in [0.15, 0.2) is 82.5 Å². The highest BCUT2D eigenvalue weighted by atomic mass is 32.2. The molecule has 28 heavy (non-hydrogen) atoms. The molecule has 0 unspecified atom stereocenters. The van der Waals surface area contributed by atoms with Gasteiger partial charge in [0.15, 0.2) is 0 Å². The quantitative estimate of drug-likeness (QED) is 0.581. The van der Waals surface area contributed by atoms with E-state index in [1.807, 2.05) is 43.3 Å². The zero-order valence-electron chi connectivity index (χ0n) is 15.0. The lowest BCUT2D eigenvalue weighted by Gasteiger charge is -2.12. The fourth-order valence-corrected chi connectivity index (χ4v) is 3.58. The average molecular weight is 391 g/mol. The van der Waals surface area contributed by atoms with Crippen LogP contribution >= 0.6 is 0 Å². The zero-order valence-corrected chi connectivity index (χ0v) is 15.8. The van der Waals surface area contributed by atoms with Crippen LogP contribution in [0.5, 0.6) is 0 Å². The Morgan fingerprint density at radius 3 is 2.07 bits per heavy atom. The topological polar surface area (TPSA) is 95.1 Å². The molecular weight excluding hydrogens is 374 g/mol. The number of rotatable bonds is 3. The van der Waals surface area contributed by atoms with Gasteiger partial charge in [-0.25, -0.2) is 13.6 Å². The van der Waals surface area contributed by atoms with Crippen molar-refractivity contribution in [2.24, 2.45) is 5.14 Å². The van der Waals surface area contributed by atoms with Gasteiger partial charge in [0.1, 0.15) is 0 Å². The zero-order chi connectivity index (χ0) is 19.9. The molecule has 1 aromatic heterocycles. The van der Waals surface area contributed by atoms with Crippen LogP contribution < -0.4 is 10.7 Å². The van der Waals surface area contributed by atoms with Gasteiger partial charge in [0.25, 0.3) is 5.56 Å². The van der Waals surface area contributed by atoms with E-state index in [4.69, 9.17) is 5.14 Å². The highest BCUT2D eigenvalue weighted by Gasteiger charge is 2.14. The molecule has 0 aliphatic carbocycles. The van der Waals surface area contributed by atoms with Crippen molar-refractivity contribution in [3.63, 3.8) is 0 Å². The first-order chi connectivity index (χ1) is 13.3. The Morgan fingerprint density at radius 1 is 0.857 bits per heavy atom. The molecule has 0 bridgehead atoms. The number of nitrogens with zero attached hydrogens (tertiary/aromatic N) is 2. The summed E-state index contributed by atoms with van der Waals surface area (Å²) in [6.45, 7) is 2.00. The van der Waals surface area contributed by atoms with Crippen LogP contribution in [0.4, 0.5) is 0 Å². The van der Waals surface area contributed by atoms with Gasteiger partial charge in [0.05, 0.1) is 21.7 Å². The highest BCUT2D eigenvalue weighted by Crippen LogP contribution is 2.25. The van der Waals surface area contributed by atoms with E-state index >= 15 is 0 Å². The molecule has 140 valence electrons. The molecule has 6 nitrogen and oxygen atoms in total. The summed E-state index contributed by atoms with van der Waals surface area (Å²) in [5.74, 6) is 0. The average Bonchev–Trinajstić information content (AvgIpc) is 2.69. The molecule has 0 spiro atoms. The van der Waals surface area contributed by atoms with E-state index in [1.165, 1.54) is 28.9 Å². The monoisotopic (exact) mass is 391 g/mol. The lowest BCUT2D eigenvalue weighted by atomic mass is 10.0. The van der Waals surface area contributed by atoms with E-state index in [-0.39, 0.29) is 10.5 Å². The van der Waals surface area contributed by atoms with E-state index in [2.05, 4.69) is 5.10 Å². The van der Waals surface area contributed by atoms with Crippen LogP contribution in [0.3, 0.4) is 0 Å². The van der Waals surface area contributed by atoms with Crippen LogP contribution in [0.25, 0.3) is 27.7 Å². The minimum absolute atomic E-state index is 0.0242. The number of primary sulfonamides is 1. The summed E-state index contributed by atoms with van der Waals surface area (Å²) in [6, 6.07) is 20.9. The first kappa shape index (κ1) is 18.1. The number of aryl methyl sites for hydroxylation is 1. The summed E-state index contributed by atoms with van der Waals surface area (Å²) in [5.41, 5.74) is 2.86. The second-order valence-electron chi connectivity index (χ2n) is 6.52. The predicted molar refractivity (Wildman–Crippen MR) is 109 cm³/mol. The first-order valence-electron chi connectivity index (χ1n) is 8.57. The maximum absolute atomic E-state index is 13.0. The van der Waals surface area contributed by atoms with Gasteiger partial charge < -0.3 is 0 Å². The van der Waals surface area contributed by atoms with Crippen LogP contribution in [0.1, 0.15) is 5.56 Å². The van der Waals surface area contributed by atoms with Gasteiger partial charge in [-0.1, -0.05) is 48.0 Å². The van der Waals surface area contributed by atoms with Crippen LogP contribution in [0.2, 0.25) is 0 Å². The van der Waals surface area contributed by atoms with Crippen LogP contribution in [0, 0.1) is 6.92 Å². The van der Waals surface area contributed by atoms with Crippen molar-refractivity contribution >= 4 is 20.8 Å². The van der Waals surface area contributed by atoms with Crippen LogP contribution in [-0.4, -0.2) is 18.2 Å². The fraction of sp³-hybridized carbons (Fsp3) is 0.0476. The molecule has 0 amide bonds. The molecule has 0 saturated heterocycles. The van der Waals surface area contributed by atoms with E-state index in [0.717, 1.165) is 16.5 Å². The molecule has 0 saturated carbocycles. The number of nitrogens with two attached hydrogens (primary N) is 1. The van der Waals surface area contributed by atoms with Gasteiger partial charge in [-0.15, -0.1) is 0 Å². The Morgan fingerprint density at radius 2 is 1.46 bits per heavy atom. The summed E-state index contributed by atoms with van der Waals surface area (Å²) >= 11 is 0. The second-order valence-corrected chi connectivity index (χ2v) is 8.08. The van der Waals surface area contributed by atoms with Gasteiger partial charge in [0, 0.05) is 10.9 Å². The minimum atomic E-state index is -3.81. The van der Waals surface area contributed by atoms with Crippen molar-refractivity contribution < 1.29 is 8.42 Å². The maximum atomic E-state index is 13.0. The summed E-state index contributed by atoms with van der Waals surface area (Å²) in [6.07, 6.45) is 0. The third kappa shape index (κ3) is 3.21. The molecule has 4 rings (SSSR count). The Kier molecular flexibility index (Phi) is 4.33. The van der Waals surface area contributed by atoms with E-state index in [0.29, 0.717) is 16.8 Å². The molecule has 1 heterocycles. The van der Waals surface area contributed by atoms with Gasteiger partial charge in [-0.2, -0.15) is 9.78 Å². The smallest absolute Gasteiger partial charge is 0.267 e. The SMILES string of the molecule is Cc1ccc(-c2nn(-c3ccc(S(N)(=O)=O)cc3)c(=O)c3ccccc23)cc1. The maximum Gasteiger partial charge on any atom is 0.279 e. The van der Waals surface area contributed by atoms with Gasteiger partial charge in [0.2, 0.25) is 10.0 Å². The van der Waals surface area contributed by atoms with E-state index in [9.17, 15) is 13.2 Å². The lowest BCUT2D eigenvalue weighted by molar-refractivity contribution is 0.598. The Labute approximate surface area is 161 Å². The molecule has 7 heteroatoms. The Hall–Kier alpha value is -3.29. The molecule has 0 aliphatic rings. The second kappa shape index (κ2) is 6.70. The van der Waals surface area contributed by atoms with E-state index < -0.39 is 10.0 Å². The van der Waals surface area contributed by atoms with Crippen LogP contribution in [-0.2, 0) is 10.0 Å². The van der Waals surface area contributed by atoms with Crippen molar-refractivity contribution in [2.45, 2.75) is 11.8 Å². The molecular formula is C21H17N3O3S. The fourth-order valence-electron chi connectivity index (χ4n) is 3.07. The molecule has 0 fully saturated rings. The van der Waals surface area contributed by atoms with Gasteiger partial charge >= 0.3 is 0 Å². The molecule has 4 aromatic rings. The Bertz CT molecular complexity index is 1340. The number of aromatic nitrogens is 2. The van der Waals surface area contributed by atoms with E-state index in [1.54, 1.807) is 12.1 Å². The summed E-state index contributed by atoms with van der Waals surface area (Å²) < 4.78 is 24.2. The number of hydrogen-bond acceptors (Lipinski definition) is 4. The normalized spacial score (nSPS) is 11.6. The number of hydrogen-bond donors (Lipinski definition) is 1. The summed E-state index contributed by atoms with van der Waals surface area (Å²) in [7, 11) is -3.81. The van der Waals surface area contributed by atoms with Crippen molar-refractivity contribution in [1.29, 1.82) is 0 Å². The predicted octanol–water partition coefficient (Wildman–Crippen LogP) is 3.01. The van der Waals surface area contributed by atoms with Crippen molar-refractivity contribution in [3.05, 3.63) is 88.7 Å². The molecule has 0 radical (unpaired) electrons. The lowest BCUT2D eigenvalue weighted by Crippen LogP contribution is -2.22. The first-order valence-corrected chi connectivity index (χ1v) is 10.1. The van der Waals surface area contributed by atoms with Crippen molar-refractivity contribution in [3.8, 4) is 16.9 Å². The number of benzene rings is 3. The van der Waals surface area contributed by atoms with Gasteiger partial charge in [-0.05, 0) is 37.3 Å². The largest absolute Gasteiger partial charge is 0.279 e. The van der Waals surface area contributed by atoms with Crippen molar-refractivity contribution in [1.82, 2.24) is 9.78 Å². The number of fused-ring (bicyclic) bond motifs is 1. The molecule has 3 aromatic carbocycles. The third-order valence-corrected chi connectivity index (χ3v) is 5.47. The van der Waals surface area contributed by atoms with Crippen molar-refractivity contribution in [2.75, 3.05) is 0 Å².